The highest BCUT2D eigenvalue weighted by atomic mass is 16.1. The lowest BCUT2D eigenvalue weighted by molar-refractivity contribution is 0.0964. The van der Waals surface area contributed by atoms with Crippen molar-refractivity contribution in [2.24, 2.45) is 0 Å². The number of aromatic nitrogens is 2. The molecule has 0 bridgehead atoms. The molecule has 0 radical (unpaired) electrons. The molecular weight excluding hydrogens is 414 g/mol. The molecule has 1 aliphatic heterocycles. The number of hydrogen-bond acceptors (Lipinski definition) is 7. The maximum absolute atomic E-state index is 12.2. The molecule has 8 heteroatoms. The molecule has 0 saturated heterocycles. The van der Waals surface area contributed by atoms with Crippen molar-refractivity contribution >= 4 is 29.0 Å². The van der Waals surface area contributed by atoms with Gasteiger partial charge in [-0.15, -0.1) is 0 Å². The first-order valence-electron chi connectivity index (χ1n) is 11.1. The third-order valence-corrected chi connectivity index (χ3v) is 5.87. The lowest BCUT2D eigenvalue weighted by atomic mass is 10.0. The second-order valence-electron chi connectivity index (χ2n) is 7.86. The van der Waals surface area contributed by atoms with Gasteiger partial charge >= 0.3 is 0 Å². The molecule has 0 fully saturated rings. The molecule has 33 heavy (non-hydrogen) atoms. The van der Waals surface area contributed by atoms with Gasteiger partial charge in [-0.05, 0) is 54.8 Å². The number of para-hydroxylation sites is 1. The molecule has 1 amide bonds. The Labute approximate surface area is 193 Å². The molecular formula is C25H27N7O. The third kappa shape index (κ3) is 5.10. The molecule has 0 aliphatic carbocycles. The number of nitrogens with one attached hydrogen (secondary N) is 3. The van der Waals surface area contributed by atoms with Crippen molar-refractivity contribution in [2.75, 3.05) is 37.3 Å². The van der Waals surface area contributed by atoms with E-state index >= 15 is 0 Å². The van der Waals surface area contributed by atoms with Gasteiger partial charge in [0.1, 0.15) is 11.6 Å². The van der Waals surface area contributed by atoms with Crippen molar-refractivity contribution in [3.63, 3.8) is 0 Å². The molecule has 1 aliphatic rings. The van der Waals surface area contributed by atoms with Crippen LogP contribution in [-0.4, -0.2) is 47.5 Å². The van der Waals surface area contributed by atoms with E-state index in [0.717, 1.165) is 38.2 Å². The Bertz CT molecular complexity index is 1200. The standard InChI is InChI=1S/C25H27N7O/c1-3-32-12-10-17-8-9-20(14-18(17)11-13-32)29-25-28-16-19(15-26)23(31-25)30-22-7-5-4-6-21(22)24(33)27-2/h4-9,14,16H,3,10-13H2,1-2H3,(H,27,33)(H2,28,29,30,31). The number of anilines is 4. The van der Waals surface area contributed by atoms with Gasteiger partial charge in [0.15, 0.2) is 5.82 Å². The number of nitrogens with zero attached hydrogens (tertiary/aromatic N) is 4. The monoisotopic (exact) mass is 441 g/mol. The van der Waals surface area contributed by atoms with E-state index in [0.29, 0.717) is 23.0 Å². The zero-order valence-corrected chi connectivity index (χ0v) is 18.9. The Balaban J connectivity index is 1.58. The smallest absolute Gasteiger partial charge is 0.253 e. The zero-order valence-electron chi connectivity index (χ0n) is 18.9. The molecule has 2 aromatic carbocycles. The maximum Gasteiger partial charge on any atom is 0.253 e. The lowest BCUT2D eigenvalue weighted by Crippen LogP contribution is -2.25. The highest BCUT2D eigenvalue weighted by Gasteiger charge is 2.15. The van der Waals surface area contributed by atoms with E-state index in [1.165, 1.54) is 17.3 Å². The van der Waals surface area contributed by atoms with Crippen LogP contribution in [0.1, 0.15) is 34.0 Å². The summed E-state index contributed by atoms with van der Waals surface area (Å²) in [7, 11) is 1.58. The molecule has 0 saturated carbocycles. The number of carbonyl (C=O) groups is 1. The topological polar surface area (TPSA) is 106 Å². The Morgan fingerprint density at radius 3 is 2.67 bits per heavy atom. The summed E-state index contributed by atoms with van der Waals surface area (Å²) >= 11 is 0. The van der Waals surface area contributed by atoms with Crippen LogP contribution in [0.25, 0.3) is 0 Å². The van der Waals surface area contributed by atoms with Gasteiger partial charge in [0, 0.05) is 25.8 Å². The van der Waals surface area contributed by atoms with Gasteiger partial charge in [-0.3, -0.25) is 4.79 Å². The fourth-order valence-electron chi connectivity index (χ4n) is 3.97. The van der Waals surface area contributed by atoms with Crippen molar-refractivity contribution in [3.05, 3.63) is 70.9 Å². The van der Waals surface area contributed by atoms with Gasteiger partial charge in [-0.1, -0.05) is 25.1 Å². The second kappa shape index (κ2) is 10.1. The number of fused-ring (bicyclic) bond motifs is 1. The number of benzene rings is 2. The quantitative estimate of drug-likeness (QED) is 0.536. The number of rotatable bonds is 6. The molecule has 0 spiro atoms. The molecule has 1 aromatic heterocycles. The molecule has 8 nitrogen and oxygen atoms in total. The van der Waals surface area contributed by atoms with Crippen molar-refractivity contribution in [1.29, 1.82) is 5.26 Å². The van der Waals surface area contributed by atoms with E-state index in [-0.39, 0.29) is 11.5 Å². The predicted octanol–water partition coefficient (Wildman–Crippen LogP) is 3.62. The fraction of sp³-hybridized carbons (Fsp3) is 0.280. The van der Waals surface area contributed by atoms with Gasteiger partial charge < -0.3 is 20.9 Å². The van der Waals surface area contributed by atoms with Crippen LogP contribution in [0.5, 0.6) is 0 Å². The Hall–Kier alpha value is -3.96. The Morgan fingerprint density at radius 1 is 1.12 bits per heavy atom. The molecule has 168 valence electrons. The molecule has 3 aromatic rings. The van der Waals surface area contributed by atoms with Crippen molar-refractivity contribution in [1.82, 2.24) is 20.2 Å². The summed E-state index contributed by atoms with van der Waals surface area (Å²) < 4.78 is 0. The minimum Gasteiger partial charge on any atom is -0.355 e. The zero-order chi connectivity index (χ0) is 23.2. The lowest BCUT2D eigenvalue weighted by Gasteiger charge is -2.16. The number of amides is 1. The predicted molar refractivity (Wildman–Crippen MR) is 129 cm³/mol. The fourth-order valence-corrected chi connectivity index (χ4v) is 3.97. The van der Waals surface area contributed by atoms with Gasteiger partial charge in [-0.25, -0.2) is 4.98 Å². The average Bonchev–Trinajstić information content (AvgIpc) is 3.06. The highest BCUT2D eigenvalue weighted by Crippen LogP contribution is 2.25. The van der Waals surface area contributed by atoms with E-state index in [4.69, 9.17) is 0 Å². The van der Waals surface area contributed by atoms with Crippen LogP contribution in [0, 0.1) is 11.3 Å². The molecule has 4 rings (SSSR count). The van der Waals surface area contributed by atoms with Gasteiger partial charge in [0.2, 0.25) is 5.95 Å². The normalized spacial score (nSPS) is 13.4. The first-order chi connectivity index (χ1) is 16.1. The van der Waals surface area contributed by atoms with E-state index in [1.54, 1.807) is 25.2 Å². The summed E-state index contributed by atoms with van der Waals surface area (Å²) in [5.74, 6) is 0.480. The average molecular weight is 442 g/mol. The minimum atomic E-state index is -0.226. The summed E-state index contributed by atoms with van der Waals surface area (Å²) in [5.41, 5.74) is 4.93. The van der Waals surface area contributed by atoms with Crippen molar-refractivity contribution in [2.45, 2.75) is 19.8 Å². The van der Waals surface area contributed by atoms with Crippen LogP contribution in [0.15, 0.2) is 48.7 Å². The van der Waals surface area contributed by atoms with Crippen molar-refractivity contribution in [3.8, 4) is 6.07 Å². The summed E-state index contributed by atoms with van der Waals surface area (Å²) in [6.45, 7) is 5.40. The summed E-state index contributed by atoms with van der Waals surface area (Å²) in [5, 5.41) is 18.5. The first-order valence-corrected chi connectivity index (χ1v) is 11.1. The van der Waals surface area contributed by atoms with E-state index in [1.807, 2.05) is 12.1 Å². The molecule has 0 atom stereocenters. The first kappa shape index (κ1) is 22.2. The Morgan fingerprint density at radius 2 is 1.91 bits per heavy atom. The number of likely N-dealkylation sites (N-methyl/N-ethyl adjacent to an activating group) is 1. The number of hydrogen-bond donors (Lipinski definition) is 3. The largest absolute Gasteiger partial charge is 0.355 e. The number of carbonyl (C=O) groups excluding carboxylic acids is 1. The summed E-state index contributed by atoms with van der Waals surface area (Å²) in [6.07, 6.45) is 3.54. The van der Waals surface area contributed by atoms with Crippen LogP contribution < -0.4 is 16.0 Å². The molecule has 3 N–H and O–H groups in total. The van der Waals surface area contributed by atoms with Gasteiger partial charge in [0.25, 0.3) is 5.91 Å². The third-order valence-electron chi connectivity index (χ3n) is 5.87. The van der Waals surface area contributed by atoms with Gasteiger partial charge in [-0.2, -0.15) is 10.2 Å². The van der Waals surface area contributed by atoms with Crippen LogP contribution in [0.2, 0.25) is 0 Å². The van der Waals surface area contributed by atoms with Gasteiger partial charge in [0.05, 0.1) is 17.4 Å². The van der Waals surface area contributed by atoms with E-state index in [9.17, 15) is 10.1 Å². The van der Waals surface area contributed by atoms with E-state index < -0.39 is 0 Å². The highest BCUT2D eigenvalue weighted by molar-refractivity contribution is 6.00. The summed E-state index contributed by atoms with van der Waals surface area (Å²) in [4.78, 5) is 23.5. The molecule has 2 heterocycles. The van der Waals surface area contributed by atoms with E-state index in [2.05, 4.69) is 55.9 Å². The molecule has 0 unspecified atom stereocenters. The van der Waals surface area contributed by atoms with Crippen LogP contribution in [-0.2, 0) is 12.8 Å². The van der Waals surface area contributed by atoms with Crippen LogP contribution in [0.4, 0.5) is 23.1 Å². The SMILES string of the molecule is CCN1CCc2ccc(Nc3ncc(C#N)c(Nc4ccccc4C(=O)NC)n3)cc2CC1. The van der Waals surface area contributed by atoms with Crippen LogP contribution in [0.3, 0.4) is 0 Å². The van der Waals surface area contributed by atoms with Crippen LogP contribution >= 0.6 is 0 Å². The number of nitriles is 1. The second-order valence-corrected chi connectivity index (χ2v) is 7.86. The Kier molecular flexibility index (Phi) is 6.81. The maximum atomic E-state index is 12.2. The summed E-state index contributed by atoms with van der Waals surface area (Å²) in [6, 6.07) is 15.5. The van der Waals surface area contributed by atoms with Crippen molar-refractivity contribution < 1.29 is 4.79 Å². The minimum absolute atomic E-state index is 0.226.